The summed E-state index contributed by atoms with van der Waals surface area (Å²) in [5.41, 5.74) is 0. The molecule has 1 aliphatic rings. The van der Waals surface area contributed by atoms with Gasteiger partial charge >= 0.3 is 0 Å². The monoisotopic (exact) mass is 194 g/mol. The van der Waals surface area contributed by atoms with Gasteiger partial charge in [-0.25, -0.2) is 4.98 Å². The van der Waals surface area contributed by atoms with E-state index in [9.17, 15) is 4.79 Å². The maximum Gasteiger partial charge on any atom is 0.221 e. The van der Waals surface area contributed by atoms with E-state index in [1.165, 1.54) is 19.2 Å². The van der Waals surface area contributed by atoms with Crippen molar-refractivity contribution in [3.63, 3.8) is 0 Å². The molecular formula is C9H14N4O. The van der Waals surface area contributed by atoms with Crippen LogP contribution in [0.4, 0.5) is 0 Å². The number of nitrogens with one attached hydrogen (secondary N) is 1. The van der Waals surface area contributed by atoms with Crippen LogP contribution in [-0.4, -0.2) is 27.2 Å². The largest absolute Gasteiger partial charge is 0.356 e. The quantitative estimate of drug-likeness (QED) is 0.728. The minimum absolute atomic E-state index is 0.104. The Labute approximate surface area is 82.5 Å². The van der Waals surface area contributed by atoms with Gasteiger partial charge in [-0.2, -0.15) is 5.10 Å². The van der Waals surface area contributed by atoms with Crippen LogP contribution in [0.15, 0.2) is 12.7 Å². The van der Waals surface area contributed by atoms with E-state index in [0.717, 1.165) is 12.5 Å². The lowest BCUT2D eigenvalue weighted by Crippen LogP contribution is -2.26. The Balaban J connectivity index is 1.62. The van der Waals surface area contributed by atoms with Crippen LogP contribution in [0.3, 0.4) is 0 Å². The van der Waals surface area contributed by atoms with Gasteiger partial charge in [-0.1, -0.05) is 0 Å². The molecule has 76 valence electrons. The van der Waals surface area contributed by atoms with Crippen molar-refractivity contribution >= 4 is 5.91 Å². The van der Waals surface area contributed by atoms with Crippen molar-refractivity contribution in [2.45, 2.75) is 25.8 Å². The molecule has 0 radical (unpaired) electrons. The molecule has 0 aromatic carbocycles. The zero-order valence-electron chi connectivity index (χ0n) is 8.02. The lowest BCUT2D eigenvalue weighted by Gasteiger charge is -2.03. The molecule has 0 atom stereocenters. The highest BCUT2D eigenvalue weighted by Gasteiger charge is 2.21. The SMILES string of the molecule is O=C(CCn1cncn1)NCC1CC1. The molecule has 1 heterocycles. The van der Waals surface area contributed by atoms with E-state index in [0.29, 0.717) is 13.0 Å². The molecule has 5 heteroatoms. The summed E-state index contributed by atoms with van der Waals surface area (Å²) in [5.74, 6) is 0.845. The van der Waals surface area contributed by atoms with Gasteiger partial charge < -0.3 is 5.32 Å². The van der Waals surface area contributed by atoms with Crippen LogP contribution >= 0.6 is 0 Å². The van der Waals surface area contributed by atoms with Crippen LogP contribution in [0.25, 0.3) is 0 Å². The second-order valence-corrected chi connectivity index (χ2v) is 3.66. The maximum atomic E-state index is 11.3. The van der Waals surface area contributed by atoms with Crippen LogP contribution in [0.2, 0.25) is 0 Å². The van der Waals surface area contributed by atoms with E-state index in [1.807, 2.05) is 0 Å². The van der Waals surface area contributed by atoms with Gasteiger partial charge in [0.05, 0.1) is 6.54 Å². The van der Waals surface area contributed by atoms with Gasteiger partial charge in [0.2, 0.25) is 5.91 Å². The number of carbonyl (C=O) groups is 1. The number of aromatic nitrogens is 3. The summed E-state index contributed by atoms with van der Waals surface area (Å²) in [6, 6.07) is 0. The zero-order valence-corrected chi connectivity index (χ0v) is 8.02. The predicted molar refractivity (Wildman–Crippen MR) is 50.4 cm³/mol. The van der Waals surface area contributed by atoms with E-state index >= 15 is 0 Å². The first-order valence-corrected chi connectivity index (χ1v) is 4.93. The normalized spacial score (nSPS) is 15.4. The number of rotatable bonds is 5. The van der Waals surface area contributed by atoms with Gasteiger partial charge in [-0.05, 0) is 18.8 Å². The minimum Gasteiger partial charge on any atom is -0.356 e. The maximum absolute atomic E-state index is 11.3. The van der Waals surface area contributed by atoms with Crippen LogP contribution in [-0.2, 0) is 11.3 Å². The van der Waals surface area contributed by atoms with Crippen molar-refractivity contribution in [1.82, 2.24) is 20.1 Å². The molecule has 1 aromatic rings. The van der Waals surface area contributed by atoms with Gasteiger partial charge in [0.15, 0.2) is 0 Å². The highest BCUT2D eigenvalue weighted by molar-refractivity contribution is 5.75. The van der Waals surface area contributed by atoms with Crippen molar-refractivity contribution in [2.24, 2.45) is 5.92 Å². The summed E-state index contributed by atoms with van der Waals surface area (Å²) >= 11 is 0. The molecule has 1 N–H and O–H groups in total. The van der Waals surface area contributed by atoms with E-state index in [-0.39, 0.29) is 5.91 Å². The molecule has 1 saturated carbocycles. The molecule has 5 nitrogen and oxygen atoms in total. The van der Waals surface area contributed by atoms with Crippen LogP contribution in [0.5, 0.6) is 0 Å². The summed E-state index contributed by atoms with van der Waals surface area (Å²) in [6.07, 6.45) is 6.11. The molecule has 1 amide bonds. The highest BCUT2D eigenvalue weighted by Crippen LogP contribution is 2.27. The third-order valence-corrected chi connectivity index (χ3v) is 2.32. The zero-order chi connectivity index (χ0) is 9.80. The fourth-order valence-electron chi connectivity index (χ4n) is 1.23. The lowest BCUT2D eigenvalue weighted by molar-refractivity contribution is -0.121. The van der Waals surface area contributed by atoms with Crippen LogP contribution in [0.1, 0.15) is 19.3 Å². The molecule has 0 unspecified atom stereocenters. The first-order valence-electron chi connectivity index (χ1n) is 4.93. The number of amides is 1. The third-order valence-electron chi connectivity index (χ3n) is 2.32. The fraction of sp³-hybridized carbons (Fsp3) is 0.667. The molecule has 0 spiro atoms. The highest BCUT2D eigenvalue weighted by atomic mass is 16.1. The van der Waals surface area contributed by atoms with Crippen molar-refractivity contribution < 1.29 is 4.79 Å². The molecule has 0 bridgehead atoms. The topological polar surface area (TPSA) is 59.8 Å². The van der Waals surface area contributed by atoms with E-state index in [4.69, 9.17) is 0 Å². The van der Waals surface area contributed by atoms with E-state index < -0.39 is 0 Å². The van der Waals surface area contributed by atoms with Gasteiger partial charge in [-0.15, -0.1) is 0 Å². The Morgan fingerprint density at radius 3 is 3.07 bits per heavy atom. The lowest BCUT2D eigenvalue weighted by atomic mass is 10.3. The first-order chi connectivity index (χ1) is 6.84. The van der Waals surface area contributed by atoms with Gasteiger partial charge in [0.25, 0.3) is 0 Å². The predicted octanol–water partition coefficient (Wildman–Crippen LogP) is 0.194. The molecule has 1 fully saturated rings. The number of aryl methyl sites for hydroxylation is 1. The van der Waals surface area contributed by atoms with Crippen molar-refractivity contribution in [1.29, 1.82) is 0 Å². The number of carbonyl (C=O) groups excluding carboxylic acids is 1. The Bertz CT molecular complexity index is 292. The Kier molecular flexibility index (Phi) is 2.76. The molecule has 2 rings (SSSR count). The Morgan fingerprint density at radius 1 is 1.57 bits per heavy atom. The molecule has 0 aliphatic heterocycles. The van der Waals surface area contributed by atoms with E-state index in [1.54, 1.807) is 11.0 Å². The molecule has 14 heavy (non-hydrogen) atoms. The fourth-order valence-corrected chi connectivity index (χ4v) is 1.23. The Morgan fingerprint density at radius 2 is 2.43 bits per heavy atom. The average molecular weight is 194 g/mol. The third kappa shape index (κ3) is 2.83. The number of hydrogen-bond donors (Lipinski definition) is 1. The molecular weight excluding hydrogens is 180 g/mol. The van der Waals surface area contributed by atoms with Crippen LogP contribution < -0.4 is 5.32 Å². The van der Waals surface area contributed by atoms with Crippen LogP contribution in [0, 0.1) is 5.92 Å². The molecule has 0 saturated heterocycles. The van der Waals surface area contributed by atoms with Gasteiger partial charge in [-0.3, -0.25) is 9.48 Å². The van der Waals surface area contributed by atoms with E-state index in [2.05, 4.69) is 15.4 Å². The Hall–Kier alpha value is -1.39. The second-order valence-electron chi connectivity index (χ2n) is 3.66. The number of nitrogens with zero attached hydrogens (tertiary/aromatic N) is 3. The summed E-state index contributed by atoms with van der Waals surface area (Å²) in [6.45, 7) is 1.45. The van der Waals surface area contributed by atoms with Crippen molar-refractivity contribution in [2.75, 3.05) is 6.54 Å². The average Bonchev–Trinajstić information content (AvgIpc) is 2.87. The van der Waals surface area contributed by atoms with Crippen molar-refractivity contribution in [3.05, 3.63) is 12.7 Å². The second kappa shape index (κ2) is 4.21. The van der Waals surface area contributed by atoms with Crippen molar-refractivity contribution in [3.8, 4) is 0 Å². The summed E-state index contributed by atoms with van der Waals surface area (Å²) in [4.78, 5) is 15.1. The molecule has 1 aromatic heterocycles. The van der Waals surface area contributed by atoms with Gasteiger partial charge in [0, 0.05) is 13.0 Å². The smallest absolute Gasteiger partial charge is 0.221 e. The summed E-state index contributed by atoms with van der Waals surface area (Å²) in [7, 11) is 0. The minimum atomic E-state index is 0.104. The first kappa shape index (κ1) is 9.18. The summed E-state index contributed by atoms with van der Waals surface area (Å²) < 4.78 is 1.66. The number of hydrogen-bond acceptors (Lipinski definition) is 3. The standard InChI is InChI=1S/C9H14N4O/c14-9(11-5-8-1-2-8)3-4-13-7-10-6-12-13/h6-8H,1-5H2,(H,11,14). The van der Waals surface area contributed by atoms with Gasteiger partial charge in [0.1, 0.15) is 12.7 Å². The summed E-state index contributed by atoms with van der Waals surface area (Å²) in [5, 5.41) is 6.83. The molecule has 1 aliphatic carbocycles.